The highest BCUT2D eigenvalue weighted by molar-refractivity contribution is 5.27. The minimum Gasteiger partial charge on any atom is -0.497 e. The van der Waals surface area contributed by atoms with Crippen LogP contribution in [0.25, 0.3) is 0 Å². The first-order valence-electron chi connectivity index (χ1n) is 6.14. The van der Waals surface area contributed by atoms with E-state index in [0.29, 0.717) is 6.54 Å². The minimum absolute atomic E-state index is 0.0225. The Hall–Kier alpha value is -1.97. The molecule has 1 aromatic heterocycles. The quantitative estimate of drug-likeness (QED) is 0.879. The van der Waals surface area contributed by atoms with Crippen LogP contribution in [0, 0.1) is 0 Å². The molecule has 0 atom stereocenters. The number of benzene rings is 1. The van der Waals surface area contributed by atoms with Crippen molar-refractivity contribution >= 4 is 0 Å². The molecular weight excluding hydrogens is 228 g/mol. The Kier molecular flexibility index (Phi) is 3.87. The summed E-state index contributed by atoms with van der Waals surface area (Å²) >= 11 is 0. The van der Waals surface area contributed by atoms with E-state index in [2.05, 4.69) is 12.0 Å². The standard InChI is InChI=1S/C14H18N2O2/c1-3-4-12-9-14(17)16(15-12)10-11-5-7-13(18-2)8-6-11/h5-9,15H,3-4,10H2,1-2H3. The Bertz CT molecular complexity index is 552. The van der Waals surface area contributed by atoms with Gasteiger partial charge in [-0.3, -0.25) is 9.89 Å². The van der Waals surface area contributed by atoms with Gasteiger partial charge in [-0.1, -0.05) is 25.5 Å². The lowest BCUT2D eigenvalue weighted by Gasteiger charge is -2.04. The fraction of sp³-hybridized carbons (Fsp3) is 0.357. The molecule has 0 unspecified atom stereocenters. The van der Waals surface area contributed by atoms with Crippen LogP contribution < -0.4 is 10.3 Å². The monoisotopic (exact) mass is 246 g/mol. The van der Waals surface area contributed by atoms with Crippen LogP contribution in [0.5, 0.6) is 5.75 Å². The molecule has 1 heterocycles. The normalized spacial score (nSPS) is 10.6. The Balaban J connectivity index is 2.14. The van der Waals surface area contributed by atoms with Crippen molar-refractivity contribution in [3.63, 3.8) is 0 Å². The first kappa shape index (κ1) is 12.5. The number of H-pyrrole nitrogens is 1. The summed E-state index contributed by atoms with van der Waals surface area (Å²) in [5, 5.41) is 3.13. The molecular formula is C14H18N2O2. The van der Waals surface area contributed by atoms with Gasteiger partial charge in [0.25, 0.3) is 5.56 Å². The third-order valence-corrected chi connectivity index (χ3v) is 2.86. The summed E-state index contributed by atoms with van der Waals surface area (Å²) in [5.74, 6) is 0.823. The molecule has 4 nitrogen and oxygen atoms in total. The predicted molar refractivity (Wildman–Crippen MR) is 71.1 cm³/mol. The van der Waals surface area contributed by atoms with Crippen LogP contribution in [0.1, 0.15) is 24.6 Å². The highest BCUT2D eigenvalue weighted by atomic mass is 16.5. The number of nitrogens with zero attached hydrogens (tertiary/aromatic N) is 1. The van der Waals surface area contributed by atoms with Crippen molar-refractivity contribution in [2.24, 2.45) is 0 Å². The molecule has 0 bridgehead atoms. The molecule has 0 saturated carbocycles. The minimum atomic E-state index is 0.0225. The van der Waals surface area contributed by atoms with Crippen LogP contribution in [0.4, 0.5) is 0 Å². The summed E-state index contributed by atoms with van der Waals surface area (Å²) in [7, 11) is 1.64. The van der Waals surface area contributed by atoms with E-state index in [9.17, 15) is 4.79 Å². The number of methoxy groups -OCH3 is 1. The summed E-state index contributed by atoms with van der Waals surface area (Å²) in [6.45, 7) is 2.66. The second-order valence-corrected chi connectivity index (χ2v) is 4.30. The van der Waals surface area contributed by atoms with Crippen molar-refractivity contribution in [2.45, 2.75) is 26.3 Å². The van der Waals surface area contributed by atoms with E-state index >= 15 is 0 Å². The third kappa shape index (κ3) is 2.83. The van der Waals surface area contributed by atoms with Gasteiger partial charge in [-0.05, 0) is 24.1 Å². The largest absolute Gasteiger partial charge is 0.497 e. The average Bonchev–Trinajstić information content (AvgIpc) is 2.71. The molecule has 18 heavy (non-hydrogen) atoms. The molecule has 0 fully saturated rings. The van der Waals surface area contributed by atoms with Gasteiger partial charge in [-0.2, -0.15) is 0 Å². The number of hydrogen-bond donors (Lipinski definition) is 1. The lowest BCUT2D eigenvalue weighted by Crippen LogP contribution is -2.16. The number of aryl methyl sites for hydroxylation is 1. The molecule has 1 aromatic carbocycles. The van der Waals surface area contributed by atoms with Gasteiger partial charge >= 0.3 is 0 Å². The lowest BCUT2D eigenvalue weighted by atomic mass is 10.2. The smallest absolute Gasteiger partial charge is 0.267 e. The van der Waals surface area contributed by atoms with Crippen molar-refractivity contribution in [3.8, 4) is 5.75 Å². The Morgan fingerprint density at radius 2 is 2.00 bits per heavy atom. The number of nitrogens with one attached hydrogen (secondary N) is 1. The van der Waals surface area contributed by atoms with Gasteiger partial charge in [0.05, 0.1) is 13.7 Å². The van der Waals surface area contributed by atoms with Gasteiger partial charge in [0.15, 0.2) is 0 Å². The fourth-order valence-electron chi connectivity index (χ4n) is 1.92. The number of aromatic nitrogens is 2. The number of ether oxygens (including phenoxy) is 1. The van der Waals surface area contributed by atoms with Crippen molar-refractivity contribution in [1.82, 2.24) is 9.78 Å². The fourth-order valence-corrected chi connectivity index (χ4v) is 1.92. The van der Waals surface area contributed by atoms with Gasteiger partial charge in [0, 0.05) is 11.8 Å². The molecule has 0 aliphatic heterocycles. The Morgan fingerprint density at radius 1 is 1.28 bits per heavy atom. The lowest BCUT2D eigenvalue weighted by molar-refractivity contribution is 0.414. The topological polar surface area (TPSA) is 47.0 Å². The summed E-state index contributed by atoms with van der Waals surface area (Å²) in [4.78, 5) is 11.7. The zero-order valence-corrected chi connectivity index (χ0v) is 10.8. The van der Waals surface area contributed by atoms with Crippen LogP contribution in [0.3, 0.4) is 0 Å². The molecule has 2 rings (SSSR count). The molecule has 0 aliphatic rings. The first-order chi connectivity index (χ1) is 8.72. The zero-order chi connectivity index (χ0) is 13.0. The maximum absolute atomic E-state index is 11.7. The van der Waals surface area contributed by atoms with Crippen molar-refractivity contribution in [2.75, 3.05) is 7.11 Å². The van der Waals surface area contributed by atoms with E-state index in [1.165, 1.54) is 0 Å². The molecule has 1 N–H and O–H groups in total. The molecule has 96 valence electrons. The highest BCUT2D eigenvalue weighted by Gasteiger charge is 2.03. The van der Waals surface area contributed by atoms with Crippen molar-refractivity contribution in [1.29, 1.82) is 0 Å². The molecule has 2 aromatic rings. The molecule has 0 radical (unpaired) electrons. The van der Waals surface area contributed by atoms with E-state index in [-0.39, 0.29) is 5.56 Å². The Morgan fingerprint density at radius 3 is 2.61 bits per heavy atom. The second kappa shape index (κ2) is 5.58. The number of hydrogen-bond acceptors (Lipinski definition) is 2. The van der Waals surface area contributed by atoms with E-state index in [4.69, 9.17) is 4.74 Å². The average molecular weight is 246 g/mol. The van der Waals surface area contributed by atoms with E-state index < -0.39 is 0 Å². The Labute approximate surface area is 106 Å². The summed E-state index contributed by atoms with van der Waals surface area (Å²) in [6.07, 6.45) is 1.94. The van der Waals surface area contributed by atoms with Gasteiger partial charge in [0.2, 0.25) is 0 Å². The molecule has 4 heteroatoms. The summed E-state index contributed by atoms with van der Waals surface area (Å²) in [5.41, 5.74) is 2.09. The third-order valence-electron chi connectivity index (χ3n) is 2.86. The van der Waals surface area contributed by atoms with Crippen LogP contribution >= 0.6 is 0 Å². The summed E-state index contributed by atoms with van der Waals surface area (Å²) in [6, 6.07) is 9.40. The van der Waals surface area contributed by atoms with E-state index in [0.717, 1.165) is 29.8 Å². The molecule has 0 saturated heterocycles. The van der Waals surface area contributed by atoms with Crippen LogP contribution in [-0.4, -0.2) is 16.9 Å². The molecule has 0 spiro atoms. The second-order valence-electron chi connectivity index (χ2n) is 4.30. The maximum atomic E-state index is 11.7. The van der Waals surface area contributed by atoms with Gasteiger partial charge in [-0.25, -0.2) is 4.68 Å². The SMILES string of the molecule is CCCc1cc(=O)n(Cc2ccc(OC)cc2)[nH]1. The highest BCUT2D eigenvalue weighted by Crippen LogP contribution is 2.11. The maximum Gasteiger partial charge on any atom is 0.267 e. The molecule has 0 aliphatic carbocycles. The number of rotatable bonds is 5. The van der Waals surface area contributed by atoms with Crippen LogP contribution in [0.2, 0.25) is 0 Å². The van der Waals surface area contributed by atoms with Crippen LogP contribution in [-0.2, 0) is 13.0 Å². The van der Waals surface area contributed by atoms with E-state index in [1.54, 1.807) is 17.9 Å². The number of aromatic amines is 1. The molecule has 0 amide bonds. The first-order valence-corrected chi connectivity index (χ1v) is 6.14. The predicted octanol–water partition coefficient (Wildman–Crippen LogP) is 2.19. The zero-order valence-electron chi connectivity index (χ0n) is 10.8. The van der Waals surface area contributed by atoms with Gasteiger partial charge < -0.3 is 4.74 Å². The van der Waals surface area contributed by atoms with Crippen molar-refractivity contribution in [3.05, 3.63) is 51.9 Å². The van der Waals surface area contributed by atoms with Crippen molar-refractivity contribution < 1.29 is 4.74 Å². The summed E-state index contributed by atoms with van der Waals surface area (Å²) < 4.78 is 6.73. The van der Waals surface area contributed by atoms with Gasteiger partial charge in [-0.15, -0.1) is 0 Å². The van der Waals surface area contributed by atoms with Gasteiger partial charge in [0.1, 0.15) is 5.75 Å². The van der Waals surface area contributed by atoms with Crippen LogP contribution in [0.15, 0.2) is 35.1 Å². The van der Waals surface area contributed by atoms with E-state index in [1.807, 2.05) is 24.3 Å².